The summed E-state index contributed by atoms with van der Waals surface area (Å²) >= 11 is 0. The van der Waals surface area contributed by atoms with Gasteiger partial charge in [-0.25, -0.2) is 0 Å². The molecule has 0 atom stereocenters. The monoisotopic (exact) mass is 396 g/mol. The Bertz CT molecular complexity index is 866. The van der Waals surface area contributed by atoms with Gasteiger partial charge in [0.05, 0.1) is 13.2 Å². The van der Waals surface area contributed by atoms with Crippen molar-refractivity contribution in [3.05, 3.63) is 53.6 Å². The molecule has 1 saturated heterocycles. The molecule has 0 aliphatic carbocycles. The summed E-state index contributed by atoms with van der Waals surface area (Å²) in [4.78, 5) is 26.6. The maximum atomic E-state index is 12.6. The summed E-state index contributed by atoms with van der Waals surface area (Å²) in [7, 11) is 0. The highest BCUT2D eigenvalue weighted by Gasteiger charge is 2.19. The molecule has 1 aliphatic rings. The minimum absolute atomic E-state index is 0.162. The first kappa shape index (κ1) is 20.7. The van der Waals surface area contributed by atoms with E-state index in [4.69, 9.17) is 9.47 Å². The highest BCUT2D eigenvalue weighted by atomic mass is 16.5. The molecule has 2 aromatic rings. The summed E-state index contributed by atoms with van der Waals surface area (Å²) < 4.78 is 11.1. The summed E-state index contributed by atoms with van der Waals surface area (Å²) in [6.07, 6.45) is 2.57. The van der Waals surface area contributed by atoms with Gasteiger partial charge in [-0.1, -0.05) is 12.1 Å². The highest BCUT2D eigenvalue weighted by molar-refractivity contribution is 5.95. The highest BCUT2D eigenvalue weighted by Crippen LogP contribution is 2.28. The molecule has 1 fully saturated rings. The molecular weight excluding hydrogens is 368 g/mol. The molecule has 3 rings (SSSR count). The zero-order valence-corrected chi connectivity index (χ0v) is 17.1. The van der Waals surface area contributed by atoms with Gasteiger partial charge >= 0.3 is 0 Å². The third kappa shape index (κ3) is 5.28. The number of carbonyl (C=O) groups is 2. The lowest BCUT2D eigenvalue weighted by molar-refractivity contribution is -0.119. The van der Waals surface area contributed by atoms with Gasteiger partial charge in [-0.2, -0.15) is 0 Å². The number of piperidine rings is 1. The van der Waals surface area contributed by atoms with Gasteiger partial charge in [-0.05, 0) is 62.6 Å². The Morgan fingerprint density at radius 2 is 1.83 bits per heavy atom. The number of carbonyl (C=O) groups excluding carboxylic acids is 2. The average Bonchev–Trinajstić information content (AvgIpc) is 2.74. The Morgan fingerprint density at radius 1 is 1.03 bits per heavy atom. The van der Waals surface area contributed by atoms with E-state index in [2.05, 4.69) is 5.32 Å². The van der Waals surface area contributed by atoms with Gasteiger partial charge in [0, 0.05) is 30.8 Å². The molecule has 2 aromatic carbocycles. The van der Waals surface area contributed by atoms with Crippen molar-refractivity contribution in [1.29, 1.82) is 0 Å². The number of rotatable bonds is 8. The fourth-order valence-corrected chi connectivity index (χ4v) is 3.39. The van der Waals surface area contributed by atoms with Crippen LogP contribution >= 0.6 is 0 Å². The van der Waals surface area contributed by atoms with Crippen LogP contribution in [0.1, 0.15) is 49.0 Å². The van der Waals surface area contributed by atoms with Crippen LogP contribution in [0.2, 0.25) is 0 Å². The second-order valence-electron chi connectivity index (χ2n) is 6.88. The molecular formula is C23H28N2O4. The van der Waals surface area contributed by atoms with Crippen LogP contribution in [0.3, 0.4) is 0 Å². The Hall–Kier alpha value is -3.02. The molecule has 29 heavy (non-hydrogen) atoms. The summed E-state index contributed by atoms with van der Waals surface area (Å²) in [5.41, 5.74) is 2.35. The number of nitrogens with one attached hydrogen (secondary N) is 1. The molecule has 6 nitrogen and oxygen atoms in total. The SMILES string of the molecule is CCOc1ccc(C(=O)NCc2cccc(N3CCCCC3=O)c2)cc1OCC. The average molecular weight is 396 g/mol. The van der Waals surface area contributed by atoms with Gasteiger partial charge in [-0.15, -0.1) is 0 Å². The Labute approximate surface area is 171 Å². The van der Waals surface area contributed by atoms with Gasteiger partial charge in [0.15, 0.2) is 11.5 Å². The Kier molecular flexibility index (Phi) is 7.11. The van der Waals surface area contributed by atoms with E-state index in [1.54, 1.807) is 18.2 Å². The number of ether oxygens (including phenoxy) is 2. The number of benzene rings is 2. The molecule has 154 valence electrons. The maximum absolute atomic E-state index is 12.6. The predicted octanol–water partition coefficient (Wildman–Crippen LogP) is 3.93. The molecule has 1 heterocycles. The smallest absolute Gasteiger partial charge is 0.251 e. The van der Waals surface area contributed by atoms with Crippen molar-refractivity contribution in [1.82, 2.24) is 5.32 Å². The summed E-state index contributed by atoms with van der Waals surface area (Å²) in [6.45, 7) is 5.95. The fraction of sp³-hybridized carbons (Fsp3) is 0.391. The molecule has 0 unspecified atom stereocenters. The molecule has 2 amide bonds. The van der Waals surface area contributed by atoms with Gasteiger partial charge in [-0.3, -0.25) is 9.59 Å². The molecule has 1 N–H and O–H groups in total. The van der Waals surface area contributed by atoms with E-state index < -0.39 is 0 Å². The van der Waals surface area contributed by atoms with Crippen molar-refractivity contribution < 1.29 is 19.1 Å². The molecule has 0 radical (unpaired) electrons. The van der Waals surface area contributed by atoms with Crippen LogP contribution in [0.5, 0.6) is 11.5 Å². The third-order valence-electron chi connectivity index (χ3n) is 4.80. The normalized spacial score (nSPS) is 13.9. The second-order valence-corrected chi connectivity index (χ2v) is 6.88. The van der Waals surface area contributed by atoms with Crippen LogP contribution in [0.4, 0.5) is 5.69 Å². The standard InChI is InChI=1S/C23H28N2O4/c1-3-28-20-12-11-18(15-21(20)29-4-2)23(27)24-16-17-8-7-9-19(14-17)25-13-6-5-10-22(25)26/h7-9,11-12,14-15H,3-6,10,13,16H2,1-2H3,(H,24,27). The second kappa shape index (κ2) is 9.96. The van der Waals surface area contributed by atoms with Crippen molar-refractivity contribution in [2.24, 2.45) is 0 Å². The van der Waals surface area contributed by atoms with Crippen molar-refractivity contribution in [2.75, 3.05) is 24.7 Å². The minimum atomic E-state index is -0.187. The Balaban J connectivity index is 1.67. The fourth-order valence-electron chi connectivity index (χ4n) is 3.39. The first-order valence-electron chi connectivity index (χ1n) is 10.2. The first-order chi connectivity index (χ1) is 14.1. The summed E-state index contributed by atoms with van der Waals surface area (Å²) in [5, 5.41) is 2.94. The van der Waals surface area contributed by atoms with Crippen LogP contribution in [-0.4, -0.2) is 31.6 Å². The zero-order chi connectivity index (χ0) is 20.6. The van der Waals surface area contributed by atoms with Gasteiger partial charge in [0.1, 0.15) is 0 Å². The maximum Gasteiger partial charge on any atom is 0.251 e. The van der Waals surface area contributed by atoms with Crippen LogP contribution in [0.25, 0.3) is 0 Å². The van der Waals surface area contributed by atoms with Gasteiger partial charge in [0.2, 0.25) is 5.91 Å². The molecule has 1 aliphatic heterocycles. The van der Waals surface area contributed by atoms with Crippen molar-refractivity contribution in [3.63, 3.8) is 0 Å². The lowest BCUT2D eigenvalue weighted by atomic mass is 10.1. The minimum Gasteiger partial charge on any atom is -0.490 e. The number of nitrogens with zero attached hydrogens (tertiary/aromatic N) is 1. The van der Waals surface area contributed by atoms with E-state index in [9.17, 15) is 9.59 Å². The van der Waals surface area contributed by atoms with E-state index in [0.717, 1.165) is 30.6 Å². The summed E-state index contributed by atoms with van der Waals surface area (Å²) in [5.74, 6) is 1.17. The molecule has 0 aromatic heterocycles. The van der Waals surface area contributed by atoms with Gasteiger partial charge < -0.3 is 19.7 Å². The van der Waals surface area contributed by atoms with E-state index in [1.165, 1.54) is 0 Å². The quantitative estimate of drug-likeness (QED) is 0.734. The van der Waals surface area contributed by atoms with Crippen LogP contribution in [0, 0.1) is 0 Å². The van der Waals surface area contributed by atoms with Crippen molar-refractivity contribution in [3.8, 4) is 11.5 Å². The van der Waals surface area contributed by atoms with E-state index >= 15 is 0 Å². The summed E-state index contributed by atoms with van der Waals surface area (Å²) in [6, 6.07) is 13.0. The number of anilines is 1. The van der Waals surface area contributed by atoms with Crippen molar-refractivity contribution >= 4 is 17.5 Å². The van der Waals surface area contributed by atoms with Crippen LogP contribution in [-0.2, 0) is 11.3 Å². The lowest BCUT2D eigenvalue weighted by Gasteiger charge is -2.27. The number of hydrogen-bond acceptors (Lipinski definition) is 4. The number of amides is 2. The topological polar surface area (TPSA) is 67.9 Å². The molecule has 6 heteroatoms. The lowest BCUT2D eigenvalue weighted by Crippen LogP contribution is -2.35. The van der Waals surface area contributed by atoms with Crippen LogP contribution in [0.15, 0.2) is 42.5 Å². The molecule has 0 saturated carbocycles. The molecule has 0 spiro atoms. The van der Waals surface area contributed by atoms with Gasteiger partial charge in [0.25, 0.3) is 5.91 Å². The van der Waals surface area contributed by atoms with E-state index in [1.807, 2.05) is 43.0 Å². The zero-order valence-electron chi connectivity index (χ0n) is 17.1. The first-order valence-corrected chi connectivity index (χ1v) is 10.2. The molecule has 0 bridgehead atoms. The van der Waals surface area contributed by atoms with E-state index in [-0.39, 0.29) is 11.8 Å². The Morgan fingerprint density at radius 3 is 2.59 bits per heavy atom. The number of hydrogen-bond donors (Lipinski definition) is 1. The van der Waals surface area contributed by atoms with E-state index in [0.29, 0.717) is 43.2 Å². The van der Waals surface area contributed by atoms with Crippen LogP contribution < -0.4 is 19.7 Å². The predicted molar refractivity (Wildman–Crippen MR) is 113 cm³/mol. The third-order valence-corrected chi connectivity index (χ3v) is 4.80. The largest absolute Gasteiger partial charge is 0.490 e. The van der Waals surface area contributed by atoms with Crippen molar-refractivity contribution in [2.45, 2.75) is 39.7 Å².